The van der Waals surface area contributed by atoms with Gasteiger partial charge in [-0.1, -0.05) is 33.1 Å². The Morgan fingerprint density at radius 1 is 1.43 bits per heavy atom. The van der Waals surface area contributed by atoms with Crippen LogP contribution in [0.1, 0.15) is 58.8 Å². The van der Waals surface area contributed by atoms with Crippen molar-refractivity contribution in [3.63, 3.8) is 0 Å². The zero-order valence-corrected chi connectivity index (χ0v) is 9.76. The molecule has 0 amide bonds. The summed E-state index contributed by atoms with van der Waals surface area (Å²) in [5, 5.41) is 0. The second kappa shape index (κ2) is 3.84. The van der Waals surface area contributed by atoms with Gasteiger partial charge in [0.1, 0.15) is 0 Å². The summed E-state index contributed by atoms with van der Waals surface area (Å²) in [6.45, 7) is 4.66. The van der Waals surface area contributed by atoms with Gasteiger partial charge in [-0.05, 0) is 43.4 Å². The van der Waals surface area contributed by atoms with Gasteiger partial charge < -0.3 is 5.73 Å². The molecule has 4 unspecified atom stereocenters. The maximum atomic E-state index is 6.58. The van der Waals surface area contributed by atoms with E-state index in [1.54, 1.807) is 0 Å². The maximum absolute atomic E-state index is 6.58. The predicted molar refractivity (Wildman–Crippen MR) is 61.1 cm³/mol. The summed E-state index contributed by atoms with van der Waals surface area (Å²) in [5.41, 5.74) is 6.81. The van der Waals surface area contributed by atoms with Crippen LogP contribution in [0.15, 0.2) is 0 Å². The van der Waals surface area contributed by atoms with Crippen molar-refractivity contribution < 1.29 is 0 Å². The molecule has 2 N–H and O–H groups in total. The lowest BCUT2D eigenvalue weighted by Crippen LogP contribution is -2.46. The maximum Gasteiger partial charge on any atom is 0.0188 e. The standard InChI is InChI=1S/C13H25N/c1-3-4-10(2)8-13(14)9-11-5-6-12(13)7-11/h10-12H,3-9,14H2,1-2H3. The summed E-state index contributed by atoms with van der Waals surface area (Å²) in [6, 6.07) is 0. The van der Waals surface area contributed by atoms with Crippen LogP contribution >= 0.6 is 0 Å². The van der Waals surface area contributed by atoms with Crippen molar-refractivity contribution in [2.45, 2.75) is 64.3 Å². The van der Waals surface area contributed by atoms with Crippen LogP contribution in [0.4, 0.5) is 0 Å². The highest BCUT2D eigenvalue weighted by molar-refractivity contribution is 5.04. The molecule has 0 heterocycles. The summed E-state index contributed by atoms with van der Waals surface area (Å²) in [6.07, 6.45) is 9.59. The van der Waals surface area contributed by atoms with E-state index in [9.17, 15) is 0 Å². The molecule has 0 radical (unpaired) electrons. The first-order chi connectivity index (χ1) is 6.64. The van der Waals surface area contributed by atoms with Crippen molar-refractivity contribution in [2.24, 2.45) is 23.5 Å². The van der Waals surface area contributed by atoms with Gasteiger partial charge in [-0.2, -0.15) is 0 Å². The summed E-state index contributed by atoms with van der Waals surface area (Å²) < 4.78 is 0. The van der Waals surface area contributed by atoms with Crippen LogP contribution in [-0.4, -0.2) is 5.54 Å². The Kier molecular flexibility index (Phi) is 2.88. The molecule has 2 aliphatic carbocycles. The van der Waals surface area contributed by atoms with E-state index in [1.165, 1.54) is 44.9 Å². The van der Waals surface area contributed by atoms with Crippen molar-refractivity contribution in [1.82, 2.24) is 0 Å². The molecule has 2 saturated carbocycles. The van der Waals surface area contributed by atoms with Gasteiger partial charge in [0.2, 0.25) is 0 Å². The van der Waals surface area contributed by atoms with E-state index in [0.29, 0.717) is 0 Å². The van der Waals surface area contributed by atoms with E-state index >= 15 is 0 Å². The normalized spacial score (nSPS) is 43.1. The van der Waals surface area contributed by atoms with Gasteiger partial charge in [0.05, 0.1) is 0 Å². The molecule has 0 aromatic carbocycles. The lowest BCUT2D eigenvalue weighted by atomic mass is 9.75. The first-order valence-corrected chi connectivity index (χ1v) is 6.43. The molecule has 4 atom stereocenters. The van der Waals surface area contributed by atoms with Crippen LogP contribution in [0.25, 0.3) is 0 Å². The number of hydrogen-bond donors (Lipinski definition) is 1. The van der Waals surface area contributed by atoms with E-state index in [-0.39, 0.29) is 5.54 Å². The van der Waals surface area contributed by atoms with Gasteiger partial charge >= 0.3 is 0 Å². The van der Waals surface area contributed by atoms with Gasteiger partial charge in [0.15, 0.2) is 0 Å². The van der Waals surface area contributed by atoms with Gasteiger partial charge in [-0.25, -0.2) is 0 Å². The van der Waals surface area contributed by atoms with Crippen molar-refractivity contribution in [2.75, 3.05) is 0 Å². The lowest BCUT2D eigenvalue weighted by molar-refractivity contribution is 0.217. The van der Waals surface area contributed by atoms with Crippen LogP contribution < -0.4 is 5.73 Å². The average Bonchev–Trinajstić information content (AvgIpc) is 2.62. The molecule has 2 aliphatic rings. The van der Waals surface area contributed by atoms with E-state index in [0.717, 1.165) is 17.8 Å². The van der Waals surface area contributed by atoms with Crippen molar-refractivity contribution in [1.29, 1.82) is 0 Å². The zero-order chi connectivity index (χ0) is 10.2. The fourth-order valence-electron chi connectivity index (χ4n) is 3.98. The Morgan fingerprint density at radius 3 is 2.71 bits per heavy atom. The van der Waals surface area contributed by atoms with Crippen LogP contribution in [0.2, 0.25) is 0 Å². The highest BCUT2D eigenvalue weighted by Crippen LogP contribution is 2.51. The largest absolute Gasteiger partial charge is 0.325 e. The van der Waals surface area contributed by atoms with Crippen LogP contribution in [0, 0.1) is 17.8 Å². The summed E-state index contributed by atoms with van der Waals surface area (Å²) in [4.78, 5) is 0. The van der Waals surface area contributed by atoms with Crippen molar-refractivity contribution in [3.8, 4) is 0 Å². The second-order valence-corrected chi connectivity index (χ2v) is 5.91. The fraction of sp³-hybridized carbons (Fsp3) is 1.00. The fourth-order valence-corrected chi connectivity index (χ4v) is 3.98. The molecule has 0 aliphatic heterocycles. The minimum absolute atomic E-state index is 0.234. The minimum atomic E-state index is 0.234. The van der Waals surface area contributed by atoms with Crippen LogP contribution in [-0.2, 0) is 0 Å². The Labute approximate surface area is 88.4 Å². The molecular weight excluding hydrogens is 170 g/mol. The second-order valence-electron chi connectivity index (χ2n) is 5.91. The van der Waals surface area contributed by atoms with Crippen molar-refractivity contribution >= 4 is 0 Å². The smallest absolute Gasteiger partial charge is 0.0188 e. The number of fused-ring (bicyclic) bond motifs is 2. The molecule has 1 nitrogen and oxygen atoms in total. The third-order valence-corrected chi connectivity index (χ3v) is 4.53. The topological polar surface area (TPSA) is 26.0 Å². The third-order valence-electron chi connectivity index (χ3n) is 4.53. The molecule has 14 heavy (non-hydrogen) atoms. The summed E-state index contributed by atoms with van der Waals surface area (Å²) in [5.74, 6) is 2.69. The van der Waals surface area contributed by atoms with Crippen LogP contribution in [0.3, 0.4) is 0 Å². The Bertz CT molecular complexity index is 201. The highest BCUT2D eigenvalue weighted by atomic mass is 14.8. The molecule has 2 fully saturated rings. The molecule has 82 valence electrons. The molecule has 0 saturated heterocycles. The quantitative estimate of drug-likeness (QED) is 0.731. The highest BCUT2D eigenvalue weighted by Gasteiger charge is 2.48. The van der Waals surface area contributed by atoms with E-state index < -0.39 is 0 Å². The molecule has 2 bridgehead atoms. The Hall–Kier alpha value is -0.0400. The van der Waals surface area contributed by atoms with Gasteiger partial charge in [0, 0.05) is 5.54 Å². The molecule has 0 aromatic heterocycles. The van der Waals surface area contributed by atoms with Crippen molar-refractivity contribution in [3.05, 3.63) is 0 Å². The zero-order valence-electron chi connectivity index (χ0n) is 9.76. The van der Waals surface area contributed by atoms with Crippen LogP contribution in [0.5, 0.6) is 0 Å². The lowest BCUT2D eigenvalue weighted by Gasteiger charge is -2.36. The average molecular weight is 195 g/mol. The minimum Gasteiger partial charge on any atom is -0.325 e. The van der Waals surface area contributed by atoms with E-state index in [4.69, 9.17) is 5.73 Å². The predicted octanol–water partition coefficient (Wildman–Crippen LogP) is 3.33. The van der Waals surface area contributed by atoms with E-state index in [1.807, 2.05) is 0 Å². The number of hydrogen-bond acceptors (Lipinski definition) is 1. The monoisotopic (exact) mass is 195 g/mol. The van der Waals surface area contributed by atoms with Gasteiger partial charge in [-0.15, -0.1) is 0 Å². The molecule has 1 heteroatoms. The molecule has 2 rings (SSSR count). The summed E-state index contributed by atoms with van der Waals surface area (Å²) >= 11 is 0. The molecule has 0 aromatic rings. The first-order valence-electron chi connectivity index (χ1n) is 6.43. The first kappa shape index (κ1) is 10.5. The summed E-state index contributed by atoms with van der Waals surface area (Å²) in [7, 11) is 0. The number of rotatable bonds is 4. The van der Waals surface area contributed by atoms with Gasteiger partial charge in [0.25, 0.3) is 0 Å². The Morgan fingerprint density at radius 2 is 2.21 bits per heavy atom. The Balaban J connectivity index is 1.90. The SMILES string of the molecule is CCCC(C)CC1(N)CC2CCC1C2. The molecule has 0 spiro atoms. The van der Waals surface area contributed by atoms with Gasteiger partial charge in [-0.3, -0.25) is 0 Å². The van der Waals surface area contributed by atoms with E-state index in [2.05, 4.69) is 13.8 Å². The third kappa shape index (κ3) is 1.84. The molecular formula is C13H25N. The number of nitrogens with two attached hydrogens (primary N) is 1.